The number of fused-ring (bicyclic) bond motifs is 3. The largest absolute Gasteiger partial charge is 0.497 e. The molecule has 2 aromatic heterocycles. The van der Waals surface area contributed by atoms with Crippen molar-refractivity contribution in [1.82, 2.24) is 15.3 Å². The number of carbonyl (C=O) groups excluding carboxylic acids is 1. The summed E-state index contributed by atoms with van der Waals surface area (Å²) in [5.74, 6) is 1.27. The lowest BCUT2D eigenvalue weighted by Gasteiger charge is -2.33. The highest BCUT2D eigenvalue weighted by molar-refractivity contribution is 5.99. The highest BCUT2D eigenvalue weighted by atomic mass is 16.5. The van der Waals surface area contributed by atoms with Crippen LogP contribution >= 0.6 is 0 Å². The van der Waals surface area contributed by atoms with Crippen molar-refractivity contribution in [3.05, 3.63) is 71.7 Å². The molecule has 0 bridgehead atoms. The Morgan fingerprint density at radius 3 is 2.76 bits per heavy atom. The molecule has 0 saturated heterocycles. The predicted molar refractivity (Wildman–Crippen MR) is 112 cm³/mol. The van der Waals surface area contributed by atoms with Crippen molar-refractivity contribution in [2.24, 2.45) is 0 Å². The van der Waals surface area contributed by atoms with E-state index in [1.54, 1.807) is 25.6 Å². The van der Waals surface area contributed by atoms with Crippen molar-refractivity contribution in [2.75, 3.05) is 7.11 Å². The van der Waals surface area contributed by atoms with Crippen LogP contribution < -0.4 is 14.8 Å². The van der Waals surface area contributed by atoms with Gasteiger partial charge in [-0.3, -0.25) is 9.78 Å². The van der Waals surface area contributed by atoms with Crippen LogP contribution in [0.1, 0.15) is 41.0 Å². The molecule has 0 atom stereocenters. The van der Waals surface area contributed by atoms with Gasteiger partial charge in [0, 0.05) is 29.4 Å². The van der Waals surface area contributed by atoms with E-state index in [9.17, 15) is 4.79 Å². The van der Waals surface area contributed by atoms with Crippen molar-refractivity contribution in [3.63, 3.8) is 0 Å². The van der Waals surface area contributed by atoms with Crippen LogP contribution in [-0.2, 0) is 12.1 Å². The SMILES string of the molecule is C=Cc1c(C(=O)NCc2ccc(OC)cc2)[nH]c2c1C(C)(C)Oc1cnccc1-2. The van der Waals surface area contributed by atoms with Gasteiger partial charge in [0.05, 0.1) is 19.0 Å². The minimum absolute atomic E-state index is 0.198. The van der Waals surface area contributed by atoms with Gasteiger partial charge >= 0.3 is 0 Å². The van der Waals surface area contributed by atoms with Crippen molar-refractivity contribution >= 4 is 12.0 Å². The summed E-state index contributed by atoms with van der Waals surface area (Å²) in [6, 6.07) is 9.47. The maximum Gasteiger partial charge on any atom is 0.268 e. The average molecular weight is 389 g/mol. The Balaban J connectivity index is 1.67. The predicted octanol–water partition coefficient (Wildman–Crippen LogP) is 4.29. The van der Waals surface area contributed by atoms with Crippen LogP contribution in [0.3, 0.4) is 0 Å². The van der Waals surface area contributed by atoms with Gasteiger partial charge in [-0.2, -0.15) is 0 Å². The van der Waals surface area contributed by atoms with Crippen LogP contribution in [0.5, 0.6) is 11.5 Å². The van der Waals surface area contributed by atoms with E-state index in [1.807, 2.05) is 44.2 Å². The van der Waals surface area contributed by atoms with E-state index in [4.69, 9.17) is 9.47 Å². The van der Waals surface area contributed by atoms with Gasteiger partial charge in [-0.1, -0.05) is 24.8 Å². The second kappa shape index (κ2) is 7.13. The molecule has 3 aromatic rings. The van der Waals surface area contributed by atoms with Gasteiger partial charge in [-0.25, -0.2) is 0 Å². The second-order valence-electron chi connectivity index (χ2n) is 7.38. The van der Waals surface area contributed by atoms with Gasteiger partial charge in [-0.15, -0.1) is 0 Å². The number of nitrogens with zero attached hydrogens (tertiary/aromatic N) is 1. The topological polar surface area (TPSA) is 76.2 Å². The fourth-order valence-electron chi connectivity index (χ4n) is 3.73. The number of carbonyl (C=O) groups is 1. The lowest BCUT2D eigenvalue weighted by molar-refractivity contribution is 0.0946. The molecular formula is C23H23N3O3. The van der Waals surface area contributed by atoms with E-state index < -0.39 is 5.60 Å². The summed E-state index contributed by atoms with van der Waals surface area (Å²) in [4.78, 5) is 20.5. The highest BCUT2D eigenvalue weighted by Gasteiger charge is 2.38. The standard InChI is InChI=1S/C23H23N3O3/c1-5-16-19-20(17-10-11-24-13-18(17)29-23(19,2)3)26-21(16)22(27)25-12-14-6-8-15(28-4)9-7-14/h5-11,13,26H,1,12H2,2-4H3,(H,25,27). The van der Waals surface area contributed by atoms with Crippen molar-refractivity contribution < 1.29 is 14.3 Å². The number of amides is 1. The van der Waals surface area contributed by atoms with Gasteiger partial charge in [-0.05, 0) is 37.6 Å². The van der Waals surface area contributed by atoms with Crippen LogP contribution in [0.15, 0.2) is 49.3 Å². The second-order valence-corrected chi connectivity index (χ2v) is 7.38. The molecule has 2 N–H and O–H groups in total. The summed E-state index contributed by atoms with van der Waals surface area (Å²) in [5, 5.41) is 2.98. The molecule has 6 nitrogen and oxygen atoms in total. The molecule has 0 spiro atoms. The third-order valence-electron chi connectivity index (χ3n) is 5.10. The van der Waals surface area contributed by atoms with E-state index >= 15 is 0 Å². The molecule has 1 amide bonds. The Labute approximate surface area is 169 Å². The number of ether oxygens (including phenoxy) is 2. The van der Waals surface area contributed by atoms with E-state index in [2.05, 4.69) is 21.9 Å². The quantitative estimate of drug-likeness (QED) is 0.683. The maximum atomic E-state index is 13.0. The van der Waals surface area contributed by atoms with Gasteiger partial charge in [0.1, 0.15) is 22.8 Å². The molecule has 3 heterocycles. The van der Waals surface area contributed by atoms with E-state index in [-0.39, 0.29) is 5.91 Å². The lowest BCUT2D eigenvalue weighted by atomic mass is 9.88. The van der Waals surface area contributed by atoms with Crippen molar-refractivity contribution in [1.29, 1.82) is 0 Å². The van der Waals surface area contributed by atoms with E-state index in [0.717, 1.165) is 33.7 Å². The number of hydrogen-bond donors (Lipinski definition) is 2. The third-order valence-corrected chi connectivity index (χ3v) is 5.10. The minimum atomic E-state index is -0.625. The molecule has 0 fully saturated rings. The zero-order valence-electron chi connectivity index (χ0n) is 16.7. The smallest absolute Gasteiger partial charge is 0.268 e. The number of H-pyrrole nitrogens is 1. The molecular weight excluding hydrogens is 366 g/mol. The molecule has 1 aliphatic rings. The Morgan fingerprint density at radius 2 is 2.07 bits per heavy atom. The Bertz CT molecular complexity index is 1080. The first kappa shape index (κ1) is 18.8. The summed E-state index contributed by atoms with van der Waals surface area (Å²) in [6.07, 6.45) is 5.11. The molecule has 0 radical (unpaired) electrons. The number of hydrogen-bond acceptors (Lipinski definition) is 4. The zero-order valence-corrected chi connectivity index (χ0v) is 16.7. The number of rotatable bonds is 5. The zero-order chi connectivity index (χ0) is 20.6. The van der Waals surface area contributed by atoms with Crippen LogP contribution in [0.25, 0.3) is 17.3 Å². The minimum Gasteiger partial charge on any atom is -0.497 e. The fraction of sp³-hybridized carbons (Fsp3) is 0.217. The lowest BCUT2D eigenvalue weighted by Crippen LogP contribution is -2.29. The summed E-state index contributed by atoms with van der Waals surface area (Å²) in [6.45, 7) is 8.29. The molecule has 6 heteroatoms. The Kier molecular flexibility index (Phi) is 4.62. The number of aromatic amines is 1. The highest BCUT2D eigenvalue weighted by Crippen LogP contribution is 2.46. The maximum absolute atomic E-state index is 13.0. The molecule has 148 valence electrons. The van der Waals surface area contributed by atoms with E-state index in [1.165, 1.54) is 0 Å². The number of pyridine rings is 1. The number of nitrogens with one attached hydrogen (secondary N) is 2. The number of aromatic nitrogens is 2. The van der Waals surface area contributed by atoms with Gasteiger partial charge in [0.25, 0.3) is 5.91 Å². The van der Waals surface area contributed by atoms with Crippen LogP contribution in [0, 0.1) is 0 Å². The van der Waals surface area contributed by atoms with Gasteiger partial charge in [0.2, 0.25) is 0 Å². The molecule has 0 aliphatic carbocycles. The molecule has 1 aliphatic heterocycles. The fourth-order valence-corrected chi connectivity index (χ4v) is 3.73. The Hall–Kier alpha value is -3.54. The van der Waals surface area contributed by atoms with Gasteiger partial charge < -0.3 is 19.8 Å². The first-order chi connectivity index (χ1) is 13.9. The summed E-state index contributed by atoms with van der Waals surface area (Å²) in [5.41, 5.74) is 4.24. The van der Waals surface area contributed by atoms with Crippen LogP contribution in [0.4, 0.5) is 0 Å². The monoisotopic (exact) mass is 389 g/mol. The molecule has 29 heavy (non-hydrogen) atoms. The van der Waals surface area contributed by atoms with Crippen LogP contribution in [0.2, 0.25) is 0 Å². The van der Waals surface area contributed by atoms with Crippen LogP contribution in [-0.4, -0.2) is 23.0 Å². The van der Waals surface area contributed by atoms with Gasteiger partial charge in [0.15, 0.2) is 0 Å². The molecule has 0 unspecified atom stereocenters. The molecule has 0 saturated carbocycles. The average Bonchev–Trinajstić information content (AvgIpc) is 3.13. The van der Waals surface area contributed by atoms with E-state index in [0.29, 0.717) is 18.0 Å². The Morgan fingerprint density at radius 1 is 1.31 bits per heavy atom. The van der Waals surface area contributed by atoms with Crippen molar-refractivity contribution in [3.8, 4) is 22.8 Å². The molecule has 1 aromatic carbocycles. The summed E-state index contributed by atoms with van der Waals surface area (Å²) in [7, 11) is 1.63. The number of methoxy groups -OCH3 is 1. The third kappa shape index (κ3) is 3.27. The molecule has 4 rings (SSSR count). The first-order valence-corrected chi connectivity index (χ1v) is 9.38. The normalized spacial score (nSPS) is 13.6. The number of benzene rings is 1. The summed E-state index contributed by atoms with van der Waals surface area (Å²) >= 11 is 0. The summed E-state index contributed by atoms with van der Waals surface area (Å²) < 4.78 is 11.3. The first-order valence-electron chi connectivity index (χ1n) is 9.38. The van der Waals surface area contributed by atoms with Crippen molar-refractivity contribution in [2.45, 2.75) is 26.0 Å².